The van der Waals surface area contributed by atoms with Crippen LogP contribution in [0.15, 0.2) is 24.3 Å². The van der Waals surface area contributed by atoms with Gasteiger partial charge in [0, 0.05) is 12.4 Å². The van der Waals surface area contributed by atoms with Crippen LogP contribution in [-0.2, 0) is 18.3 Å². The van der Waals surface area contributed by atoms with Gasteiger partial charge in [-0.3, -0.25) is 14.4 Å². The van der Waals surface area contributed by atoms with Gasteiger partial charge in [0.05, 0.1) is 23.2 Å². The van der Waals surface area contributed by atoms with Crippen molar-refractivity contribution in [1.82, 2.24) is 14.7 Å². The smallest absolute Gasteiger partial charge is 0.159 e. The number of ketones is 1. The summed E-state index contributed by atoms with van der Waals surface area (Å²) in [4.78, 5) is 15.0. The first-order chi connectivity index (χ1) is 9.96. The monoisotopic (exact) mass is 287 g/mol. The number of para-hydroxylation sites is 1. The van der Waals surface area contributed by atoms with Gasteiger partial charge < -0.3 is 0 Å². The van der Waals surface area contributed by atoms with Gasteiger partial charge in [-0.15, -0.1) is 0 Å². The quantitative estimate of drug-likeness (QED) is 0.820. The van der Waals surface area contributed by atoms with E-state index in [1.807, 2.05) is 50.1 Å². The predicted octanol–water partition coefficient (Wildman–Crippen LogP) is 2.81. The molecule has 0 unspecified atom stereocenters. The van der Waals surface area contributed by atoms with Gasteiger partial charge in [0.1, 0.15) is 0 Å². The third kappa shape index (κ3) is 2.60. The van der Waals surface area contributed by atoms with E-state index in [9.17, 15) is 4.79 Å². The second-order valence-corrected chi connectivity index (χ2v) is 5.82. The van der Waals surface area contributed by atoms with Crippen LogP contribution in [0.25, 0.3) is 10.9 Å². The number of benzene rings is 1. The SMILES string of the molecule is CCC(CC)(C(=O)Cc1nn(C)c2ccccc12)N(C)C. The lowest BCUT2D eigenvalue weighted by Crippen LogP contribution is -2.51. The molecule has 0 amide bonds. The number of nitrogens with zero attached hydrogens (tertiary/aromatic N) is 3. The predicted molar refractivity (Wildman–Crippen MR) is 86.4 cm³/mol. The number of carbonyl (C=O) groups excluding carboxylic acids is 1. The number of carbonyl (C=O) groups is 1. The van der Waals surface area contributed by atoms with E-state index in [1.54, 1.807) is 0 Å². The van der Waals surface area contributed by atoms with E-state index >= 15 is 0 Å². The lowest BCUT2D eigenvalue weighted by Gasteiger charge is -2.37. The second kappa shape index (κ2) is 5.98. The standard InChI is InChI=1S/C17H25N3O/c1-6-17(7-2,19(3)4)16(21)12-14-13-10-8-9-11-15(13)20(5)18-14/h8-11H,6-7,12H2,1-5H3. The Morgan fingerprint density at radius 3 is 2.43 bits per heavy atom. The van der Waals surface area contributed by atoms with Crippen LogP contribution >= 0.6 is 0 Å². The number of fused-ring (bicyclic) bond motifs is 1. The number of rotatable bonds is 6. The third-order valence-corrected chi connectivity index (χ3v) is 4.71. The molecule has 1 aromatic heterocycles. The fraction of sp³-hybridized carbons (Fsp3) is 0.529. The summed E-state index contributed by atoms with van der Waals surface area (Å²) in [5.74, 6) is 0.251. The highest BCUT2D eigenvalue weighted by atomic mass is 16.1. The molecule has 0 aliphatic heterocycles. The number of likely N-dealkylation sites (N-methyl/N-ethyl adjacent to an activating group) is 1. The summed E-state index contributed by atoms with van der Waals surface area (Å²) >= 11 is 0. The Balaban J connectivity index is 2.38. The first-order valence-corrected chi connectivity index (χ1v) is 7.57. The molecule has 4 heteroatoms. The number of Topliss-reactive ketones (excluding diaryl/α,β-unsaturated/α-hetero) is 1. The van der Waals surface area contributed by atoms with Crippen LogP contribution in [0.3, 0.4) is 0 Å². The van der Waals surface area contributed by atoms with Crippen LogP contribution in [0.2, 0.25) is 0 Å². The summed E-state index contributed by atoms with van der Waals surface area (Å²) in [6, 6.07) is 8.07. The van der Waals surface area contributed by atoms with Gasteiger partial charge in [0.25, 0.3) is 0 Å². The molecule has 4 nitrogen and oxygen atoms in total. The van der Waals surface area contributed by atoms with Crippen LogP contribution in [0, 0.1) is 0 Å². The molecule has 0 atom stereocenters. The highest BCUT2D eigenvalue weighted by Gasteiger charge is 2.37. The van der Waals surface area contributed by atoms with E-state index in [-0.39, 0.29) is 5.78 Å². The topological polar surface area (TPSA) is 38.1 Å². The maximum atomic E-state index is 12.9. The summed E-state index contributed by atoms with van der Waals surface area (Å²) in [5, 5.41) is 5.63. The van der Waals surface area contributed by atoms with Gasteiger partial charge in [-0.05, 0) is 33.0 Å². The summed E-state index contributed by atoms with van der Waals surface area (Å²) in [7, 11) is 5.90. The van der Waals surface area contributed by atoms with Gasteiger partial charge in [0.15, 0.2) is 5.78 Å². The zero-order valence-corrected chi connectivity index (χ0v) is 13.7. The van der Waals surface area contributed by atoms with Crippen molar-refractivity contribution < 1.29 is 4.79 Å². The number of aryl methyl sites for hydroxylation is 1. The fourth-order valence-electron chi connectivity index (χ4n) is 3.26. The Hall–Kier alpha value is -1.68. The first-order valence-electron chi connectivity index (χ1n) is 7.57. The van der Waals surface area contributed by atoms with Crippen molar-refractivity contribution >= 4 is 16.7 Å². The molecule has 2 aromatic rings. The maximum Gasteiger partial charge on any atom is 0.159 e. The number of hydrogen-bond acceptors (Lipinski definition) is 3. The normalized spacial score (nSPS) is 12.3. The van der Waals surface area contributed by atoms with Crippen molar-refractivity contribution in [3.8, 4) is 0 Å². The second-order valence-electron chi connectivity index (χ2n) is 5.82. The highest BCUT2D eigenvalue weighted by molar-refractivity contribution is 5.93. The molecule has 1 aromatic carbocycles. The molecule has 0 N–H and O–H groups in total. The minimum atomic E-state index is -0.390. The van der Waals surface area contributed by atoms with E-state index in [0.717, 1.165) is 29.4 Å². The summed E-state index contributed by atoms with van der Waals surface area (Å²) in [5.41, 5.74) is 1.56. The molecular weight excluding hydrogens is 262 g/mol. The third-order valence-electron chi connectivity index (χ3n) is 4.71. The number of aromatic nitrogens is 2. The van der Waals surface area contributed by atoms with E-state index in [2.05, 4.69) is 23.8 Å². The van der Waals surface area contributed by atoms with Crippen LogP contribution in [-0.4, -0.2) is 40.1 Å². The van der Waals surface area contributed by atoms with Crippen molar-refractivity contribution in [2.24, 2.45) is 7.05 Å². The van der Waals surface area contributed by atoms with Crippen LogP contribution in [0.1, 0.15) is 32.4 Å². The summed E-state index contributed by atoms with van der Waals surface area (Å²) < 4.78 is 1.85. The molecule has 0 saturated carbocycles. The molecule has 0 spiro atoms. The van der Waals surface area contributed by atoms with Crippen molar-refractivity contribution in [3.05, 3.63) is 30.0 Å². The molecule has 0 radical (unpaired) electrons. The molecule has 0 aliphatic rings. The molecule has 21 heavy (non-hydrogen) atoms. The van der Waals surface area contributed by atoms with Crippen molar-refractivity contribution in [3.63, 3.8) is 0 Å². The largest absolute Gasteiger partial charge is 0.297 e. The Bertz CT molecular complexity index is 639. The lowest BCUT2D eigenvalue weighted by atomic mass is 9.84. The molecule has 0 saturated heterocycles. The average molecular weight is 287 g/mol. The summed E-state index contributed by atoms with van der Waals surface area (Å²) in [6.45, 7) is 4.16. The molecule has 114 valence electrons. The minimum Gasteiger partial charge on any atom is -0.297 e. The summed E-state index contributed by atoms with van der Waals surface area (Å²) in [6.07, 6.45) is 2.03. The van der Waals surface area contributed by atoms with E-state index in [1.165, 1.54) is 0 Å². The zero-order chi connectivity index (χ0) is 15.6. The molecule has 1 heterocycles. The Kier molecular flexibility index (Phi) is 4.47. The maximum absolute atomic E-state index is 12.9. The van der Waals surface area contributed by atoms with Crippen molar-refractivity contribution in [2.45, 2.75) is 38.6 Å². The van der Waals surface area contributed by atoms with Crippen LogP contribution in [0.5, 0.6) is 0 Å². The molecule has 0 aliphatic carbocycles. The molecular formula is C17H25N3O. The van der Waals surface area contributed by atoms with Crippen LogP contribution in [0.4, 0.5) is 0 Å². The van der Waals surface area contributed by atoms with E-state index in [0.29, 0.717) is 6.42 Å². The minimum absolute atomic E-state index is 0.251. The van der Waals surface area contributed by atoms with Crippen molar-refractivity contribution in [1.29, 1.82) is 0 Å². The van der Waals surface area contributed by atoms with Crippen molar-refractivity contribution in [2.75, 3.05) is 14.1 Å². The van der Waals surface area contributed by atoms with Gasteiger partial charge >= 0.3 is 0 Å². The zero-order valence-electron chi connectivity index (χ0n) is 13.7. The van der Waals surface area contributed by atoms with Gasteiger partial charge in [-0.2, -0.15) is 5.10 Å². The first kappa shape index (κ1) is 15.7. The van der Waals surface area contributed by atoms with E-state index in [4.69, 9.17) is 0 Å². The highest BCUT2D eigenvalue weighted by Crippen LogP contribution is 2.26. The van der Waals surface area contributed by atoms with Gasteiger partial charge in [-0.1, -0.05) is 32.0 Å². The Morgan fingerprint density at radius 1 is 1.24 bits per heavy atom. The number of hydrogen-bond donors (Lipinski definition) is 0. The lowest BCUT2D eigenvalue weighted by molar-refractivity contribution is -0.129. The fourth-order valence-corrected chi connectivity index (χ4v) is 3.26. The van der Waals surface area contributed by atoms with Gasteiger partial charge in [-0.25, -0.2) is 0 Å². The molecule has 0 bridgehead atoms. The average Bonchev–Trinajstić information content (AvgIpc) is 2.78. The van der Waals surface area contributed by atoms with E-state index < -0.39 is 5.54 Å². The van der Waals surface area contributed by atoms with Crippen LogP contribution < -0.4 is 0 Å². The molecule has 0 fully saturated rings. The molecule has 2 rings (SSSR count). The Morgan fingerprint density at radius 2 is 1.86 bits per heavy atom. The Labute approximate surface area is 126 Å². The van der Waals surface area contributed by atoms with Gasteiger partial charge in [0.2, 0.25) is 0 Å².